The van der Waals surface area contributed by atoms with E-state index in [-0.39, 0.29) is 5.78 Å². The Labute approximate surface area is 133 Å². The van der Waals surface area contributed by atoms with Crippen LogP contribution in [-0.2, 0) is 0 Å². The van der Waals surface area contributed by atoms with Crippen molar-refractivity contribution in [1.82, 2.24) is 15.3 Å². The number of nitriles is 1. The van der Waals surface area contributed by atoms with Gasteiger partial charge in [0.2, 0.25) is 5.78 Å². The normalized spacial score (nSPS) is 15.9. The van der Waals surface area contributed by atoms with E-state index in [1.54, 1.807) is 30.7 Å². The molecule has 2 aliphatic rings. The minimum absolute atomic E-state index is 0.0513. The fourth-order valence-electron chi connectivity index (χ4n) is 3.09. The van der Waals surface area contributed by atoms with E-state index in [9.17, 15) is 10.1 Å². The molecule has 4 rings (SSSR count). The van der Waals surface area contributed by atoms with Crippen LogP contribution in [0.4, 0.5) is 5.69 Å². The zero-order valence-electron chi connectivity index (χ0n) is 12.3. The average Bonchev–Trinajstić information content (AvgIpc) is 2.77. The van der Waals surface area contributed by atoms with Gasteiger partial charge in [0.1, 0.15) is 12.0 Å². The van der Waals surface area contributed by atoms with Gasteiger partial charge in [-0.3, -0.25) is 4.79 Å². The van der Waals surface area contributed by atoms with E-state index in [1.807, 2.05) is 4.90 Å². The summed E-state index contributed by atoms with van der Waals surface area (Å²) in [5, 5.41) is 12.5. The first-order valence-corrected chi connectivity index (χ1v) is 7.39. The van der Waals surface area contributed by atoms with E-state index in [0.717, 1.165) is 36.3 Å². The predicted octanol–water partition coefficient (Wildman–Crippen LogP) is 1.85. The molecule has 3 heterocycles. The van der Waals surface area contributed by atoms with Crippen molar-refractivity contribution < 1.29 is 4.79 Å². The topological polar surface area (TPSA) is 81.9 Å². The summed E-state index contributed by atoms with van der Waals surface area (Å²) in [6.45, 7) is 1.59. The number of ketones is 1. The number of rotatable bonds is 1. The van der Waals surface area contributed by atoms with Gasteiger partial charge in [-0.1, -0.05) is 0 Å². The molecule has 0 amide bonds. The van der Waals surface area contributed by atoms with Gasteiger partial charge in [0.15, 0.2) is 0 Å². The van der Waals surface area contributed by atoms with Crippen LogP contribution in [0.25, 0.3) is 11.1 Å². The van der Waals surface area contributed by atoms with Crippen LogP contribution >= 0.6 is 0 Å². The molecule has 1 aromatic carbocycles. The van der Waals surface area contributed by atoms with Crippen molar-refractivity contribution in [1.29, 1.82) is 5.26 Å². The van der Waals surface area contributed by atoms with Crippen molar-refractivity contribution in [3.8, 4) is 17.2 Å². The standard InChI is InChI=1S/C17H13N5O/c18-6-11-4-13(12-7-20-10-21-8-12)16-14(5-11)17(23)15-9-19-2-1-3-22(15)16/h4-5,7-10,19H,1-3H2. The molecular formula is C17H13N5O. The number of hydrogen-bond acceptors (Lipinski definition) is 6. The number of allylic oxidation sites excluding steroid dienone is 1. The summed E-state index contributed by atoms with van der Waals surface area (Å²) in [5.41, 5.74) is 4.12. The van der Waals surface area contributed by atoms with Crippen LogP contribution < -0.4 is 10.2 Å². The zero-order chi connectivity index (χ0) is 15.8. The zero-order valence-corrected chi connectivity index (χ0v) is 12.3. The third-order valence-corrected chi connectivity index (χ3v) is 4.09. The van der Waals surface area contributed by atoms with Crippen molar-refractivity contribution in [3.63, 3.8) is 0 Å². The fraction of sp³-hybridized carbons (Fsp3) is 0.176. The lowest BCUT2D eigenvalue weighted by atomic mass is 9.98. The van der Waals surface area contributed by atoms with Gasteiger partial charge in [0, 0.05) is 48.4 Å². The molecule has 0 unspecified atom stereocenters. The number of carbonyl (C=O) groups excluding carboxylic acids is 1. The molecule has 23 heavy (non-hydrogen) atoms. The Bertz CT molecular complexity index is 867. The molecule has 0 spiro atoms. The van der Waals surface area contributed by atoms with E-state index >= 15 is 0 Å². The van der Waals surface area contributed by atoms with E-state index in [0.29, 0.717) is 16.8 Å². The summed E-state index contributed by atoms with van der Waals surface area (Å²) in [6, 6.07) is 5.60. The first-order valence-electron chi connectivity index (χ1n) is 7.39. The van der Waals surface area contributed by atoms with E-state index in [4.69, 9.17) is 0 Å². The van der Waals surface area contributed by atoms with E-state index < -0.39 is 0 Å². The lowest BCUT2D eigenvalue weighted by Crippen LogP contribution is -2.21. The fourth-order valence-corrected chi connectivity index (χ4v) is 3.09. The maximum Gasteiger partial charge on any atom is 0.213 e. The number of Topliss-reactive ketones (excluding diaryl/α,β-unsaturated/α-hetero) is 1. The Morgan fingerprint density at radius 1 is 1.22 bits per heavy atom. The molecule has 0 radical (unpaired) electrons. The van der Waals surface area contributed by atoms with Gasteiger partial charge in [0.25, 0.3) is 0 Å². The highest BCUT2D eigenvalue weighted by Crippen LogP contribution is 2.42. The van der Waals surface area contributed by atoms with Gasteiger partial charge in [-0.2, -0.15) is 5.26 Å². The summed E-state index contributed by atoms with van der Waals surface area (Å²) >= 11 is 0. The number of hydrogen-bond donors (Lipinski definition) is 1. The van der Waals surface area contributed by atoms with E-state index in [1.165, 1.54) is 6.33 Å². The molecule has 2 aliphatic heterocycles. The minimum atomic E-state index is -0.0513. The number of anilines is 1. The van der Waals surface area contributed by atoms with Crippen LogP contribution in [0.15, 0.2) is 42.8 Å². The quantitative estimate of drug-likeness (QED) is 0.866. The molecule has 1 N–H and O–H groups in total. The molecule has 0 atom stereocenters. The summed E-state index contributed by atoms with van der Waals surface area (Å²) in [5.74, 6) is -0.0513. The summed E-state index contributed by atoms with van der Waals surface area (Å²) < 4.78 is 0. The van der Waals surface area contributed by atoms with Gasteiger partial charge in [-0.25, -0.2) is 9.97 Å². The Hall–Kier alpha value is -3.20. The van der Waals surface area contributed by atoms with Gasteiger partial charge >= 0.3 is 0 Å². The third kappa shape index (κ3) is 2.06. The van der Waals surface area contributed by atoms with Crippen LogP contribution in [-0.4, -0.2) is 28.8 Å². The Balaban J connectivity index is 2.00. The second kappa shape index (κ2) is 5.21. The van der Waals surface area contributed by atoms with Crippen LogP contribution in [0.1, 0.15) is 22.3 Å². The lowest BCUT2D eigenvalue weighted by molar-refractivity contribution is 0.103. The smallest absolute Gasteiger partial charge is 0.213 e. The number of carbonyl (C=O) groups is 1. The molecule has 0 bridgehead atoms. The molecule has 0 saturated carbocycles. The van der Waals surface area contributed by atoms with Gasteiger partial charge in [-0.15, -0.1) is 0 Å². The van der Waals surface area contributed by atoms with Crippen molar-refractivity contribution in [2.75, 3.05) is 18.0 Å². The number of benzene rings is 1. The van der Waals surface area contributed by atoms with Crippen molar-refractivity contribution in [2.24, 2.45) is 0 Å². The first-order chi connectivity index (χ1) is 11.3. The highest BCUT2D eigenvalue weighted by molar-refractivity contribution is 6.21. The highest BCUT2D eigenvalue weighted by atomic mass is 16.1. The maximum absolute atomic E-state index is 12.7. The van der Waals surface area contributed by atoms with Gasteiger partial charge in [-0.05, 0) is 18.6 Å². The monoisotopic (exact) mass is 303 g/mol. The molecule has 1 aromatic heterocycles. The van der Waals surface area contributed by atoms with E-state index in [2.05, 4.69) is 21.4 Å². The summed E-state index contributed by atoms with van der Waals surface area (Å²) in [7, 11) is 0. The largest absolute Gasteiger partial charge is 0.389 e. The van der Waals surface area contributed by atoms with Crippen LogP contribution in [0.2, 0.25) is 0 Å². The molecule has 0 fully saturated rings. The number of nitrogens with zero attached hydrogens (tertiary/aromatic N) is 4. The predicted molar refractivity (Wildman–Crippen MR) is 84.6 cm³/mol. The summed E-state index contributed by atoms with van der Waals surface area (Å²) in [4.78, 5) is 22.9. The Morgan fingerprint density at radius 2 is 2.00 bits per heavy atom. The molecule has 0 aliphatic carbocycles. The first kappa shape index (κ1) is 13.5. The molecule has 6 nitrogen and oxygen atoms in total. The van der Waals surface area contributed by atoms with Crippen LogP contribution in [0.3, 0.4) is 0 Å². The van der Waals surface area contributed by atoms with Crippen LogP contribution in [0.5, 0.6) is 0 Å². The number of nitrogens with one attached hydrogen (secondary N) is 1. The second-order valence-electron chi connectivity index (χ2n) is 5.48. The highest BCUT2D eigenvalue weighted by Gasteiger charge is 2.35. The van der Waals surface area contributed by atoms with Crippen molar-refractivity contribution in [2.45, 2.75) is 6.42 Å². The Kier molecular flexibility index (Phi) is 3.05. The Morgan fingerprint density at radius 3 is 2.78 bits per heavy atom. The number of aromatic nitrogens is 2. The van der Waals surface area contributed by atoms with Gasteiger partial charge < -0.3 is 10.2 Å². The minimum Gasteiger partial charge on any atom is -0.389 e. The van der Waals surface area contributed by atoms with Crippen molar-refractivity contribution in [3.05, 3.63) is 53.9 Å². The molecule has 0 saturated heterocycles. The van der Waals surface area contributed by atoms with Crippen LogP contribution in [0, 0.1) is 11.3 Å². The SMILES string of the molecule is N#Cc1cc2c(c(-c3cncnc3)c1)N1CCCNC=C1C2=O. The molecule has 112 valence electrons. The molecule has 2 aromatic rings. The maximum atomic E-state index is 12.7. The lowest BCUT2D eigenvalue weighted by Gasteiger charge is -2.21. The molecule has 6 heteroatoms. The second-order valence-corrected chi connectivity index (χ2v) is 5.48. The average molecular weight is 303 g/mol. The third-order valence-electron chi connectivity index (χ3n) is 4.09. The van der Waals surface area contributed by atoms with Gasteiger partial charge in [0.05, 0.1) is 17.3 Å². The van der Waals surface area contributed by atoms with Crippen molar-refractivity contribution >= 4 is 11.5 Å². The molecular weight excluding hydrogens is 290 g/mol. The summed E-state index contributed by atoms with van der Waals surface area (Å²) in [6.07, 6.45) is 7.56. The number of fused-ring (bicyclic) bond motifs is 3.